The van der Waals surface area contributed by atoms with Crippen LogP contribution in [0, 0.1) is 5.92 Å². The van der Waals surface area contributed by atoms with E-state index in [1.165, 1.54) is 18.2 Å². The van der Waals surface area contributed by atoms with Gasteiger partial charge in [0.2, 0.25) is 15.7 Å². The lowest BCUT2D eigenvalue weighted by molar-refractivity contribution is -0.116. The molecule has 1 atom stereocenters. The average molecular weight is 306 g/mol. The summed E-state index contributed by atoms with van der Waals surface area (Å²) in [5.41, 5.74) is 5.23. The molecule has 112 valence electrons. The molecule has 0 spiro atoms. The van der Waals surface area contributed by atoms with Crippen molar-refractivity contribution >= 4 is 21.4 Å². The molecule has 8 heteroatoms. The Morgan fingerprint density at radius 3 is 2.50 bits per heavy atom. The zero-order valence-corrected chi connectivity index (χ0v) is 11.7. The highest BCUT2D eigenvalue weighted by molar-refractivity contribution is 7.91. The largest absolute Gasteiger partial charge is 0.341 e. The Labute approximate surface area is 116 Å². The second kappa shape index (κ2) is 6.76. The molecule has 0 aliphatic rings. The molecule has 1 rings (SSSR count). The van der Waals surface area contributed by atoms with Crippen LogP contribution in [0.3, 0.4) is 0 Å². The van der Waals surface area contributed by atoms with Crippen molar-refractivity contribution in [3.8, 4) is 0 Å². The number of carbonyl (C=O) groups is 1. The summed E-state index contributed by atoms with van der Waals surface area (Å²) in [5.74, 6) is -4.10. The van der Waals surface area contributed by atoms with Crippen molar-refractivity contribution in [2.24, 2.45) is 11.7 Å². The van der Waals surface area contributed by atoms with E-state index in [2.05, 4.69) is 5.32 Å². The Bertz CT molecular complexity index is 576. The number of amides is 1. The first-order chi connectivity index (χ1) is 9.28. The monoisotopic (exact) mass is 306 g/mol. The van der Waals surface area contributed by atoms with Crippen molar-refractivity contribution in [3.05, 3.63) is 24.3 Å². The summed E-state index contributed by atoms with van der Waals surface area (Å²) in [5, 5.41) is 2.33. The Morgan fingerprint density at radius 2 is 1.95 bits per heavy atom. The fourth-order valence-electron chi connectivity index (χ4n) is 1.52. The van der Waals surface area contributed by atoms with Crippen molar-refractivity contribution in [3.63, 3.8) is 0 Å². The molecule has 0 bridgehead atoms. The van der Waals surface area contributed by atoms with Crippen LogP contribution in [-0.4, -0.2) is 26.6 Å². The molecule has 1 aromatic carbocycles. The van der Waals surface area contributed by atoms with E-state index in [4.69, 9.17) is 5.73 Å². The number of anilines is 1. The van der Waals surface area contributed by atoms with Gasteiger partial charge in [0.1, 0.15) is 0 Å². The fourth-order valence-corrected chi connectivity index (χ4v) is 2.40. The first kappa shape index (κ1) is 16.5. The van der Waals surface area contributed by atoms with Crippen molar-refractivity contribution in [1.82, 2.24) is 0 Å². The van der Waals surface area contributed by atoms with Gasteiger partial charge in [-0.15, -0.1) is 0 Å². The number of hydrogen-bond donors (Lipinski definition) is 2. The van der Waals surface area contributed by atoms with E-state index in [1.807, 2.05) is 0 Å². The third-order valence-electron chi connectivity index (χ3n) is 2.64. The minimum absolute atomic E-state index is 0.0829. The molecule has 0 aliphatic carbocycles. The minimum Gasteiger partial charge on any atom is -0.330 e. The zero-order chi connectivity index (χ0) is 15.3. The first-order valence-electron chi connectivity index (χ1n) is 5.90. The predicted octanol–water partition coefficient (Wildman–Crippen LogP) is 1.61. The van der Waals surface area contributed by atoms with Gasteiger partial charge in [-0.05, 0) is 24.6 Å². The van der Waals surface area contributed by atoms with Gasteiger partial charge >= 0.3 is 5.76 Å². The fraction of sp³-hybridized carbons (Fsp3) is 0.417. The van der Waals surface area contributed by atoms with Gasteiger partial charge in [-0.25, -0.2) is 8.42 Å². The summed E-state index contributed by atoms with van der Waals surface area (Å²) < 4.78 is 48.1. The van der Waals surface area contributed by atoms with Gasteiger partial charge in [0.15, 0.2) is 0 Å². The lowest BCUT2D eigenvalue weighted by Crippen LogP contribution is -2.21. The Kier molecular flexibility index (Phi) is 5.58. The SMILES string of the molecule is CC(CN)CC(=O)Nc1ccccc1S(=O)(=O)C(F)F. The summed E-state index contributed by atoms with van der Waals surface area (Å²) in [4.78, 5) is 11.1. The molecule has 0 saturated carbocycles. The number of nitrogens with two attached hydrogens (primary N) is 1. The van der Waals surface area contributed by atoms with Crippen LogP contribution in [0.4, 0.5) is 14.5 Å². The summed E-state index contributed by atoms with van der Waals surface area (Å²) in [7, 11) is -4.76. The number of hydrogen-bond acceptors (Lipinski definition) is 4. The molecule has 20 heavy (non-hydrogen) atoms. The number of nitrogens with one attached hydrogen (secondary N) is 1. The Balaban J connectivity index is 3.01. The van der Waals surface area contributed by atoms with E-state index in [-0.39, 0.29) is 18.0 Å². The second-order valence-electron chi connectivity index (χ2n) is 4.39. The predicted molar refractivity (Wildman–Crippen MR) is 71.1 cm³/mol. The summed E-state index contributed by atoms with van der Waals surface area (Å²) in [6.07, 6.45) is 0.0829. The number of para-hydroxylation sites is 1. The summed E-state index contributed by atoms with van der Waals surface area (Å²) >= 11 is 0. The maximum absolute atomic E-state index is 12.6. The summed E-state index contributed by atoms with van der Waals surface area (Å²) in [6, 6.07) is 5.06. The quantitative estimate of drug-likeness (QED) is 0.835. The van der Waals surface area contributed by atoms with Crippen LogP contribution in [0.5, 0.6) is 0 Å². The molecule has 5 nitrogen and oxygen atoms in total. The molecule has 0 saturated heterocycles. The van der Waals surface area contributed by atoms with Crippen molar-refractivity contribution in [2.45, 2.75) is 24.0 Å². The van der Waals surface area contributed by atoms with Gasteiger partial charge in [-0.1, -0.05) is 19.1 Å². The number of alkyl halides is 2. The van der Waals surface area contributed by atoms with E-state index in [0.717, 1.165) is 6.07 Å². The number of rotatable bonds is 6. The van der Waals surface area contributed by atoms with E-state index >= 15 is 0 Å². The molecular weight excluding hydrogens is 290 g/mol. The molecule has 1 amide bonds. The maximum Gasteiger partial charge on any atom is 0.341 e. The molecule has 1 unspecified atom stereocenters. The molecular formula is C12H16F2N2O3S. The molecule has 0 aliphatic heterocycles. The van der Waals surface area contributed by atoms with Crippen molar-refractivity contribution in [1.29, 1.82) is 0 Å². The van der Waals surface area contributed by atoms with E-state index in [9.17, 15) is 22.0 Å². The summed E-state index contributed by atoms with van der Waals surface area (Å²) in [6.45, 7) is 2.05. The number of carbonyl (C=O) groups excluding carboxylic acids is 1. The van der Waals surface area contributed by atoms with Crippen LogP contribution < -0.4 is 11.1 Å². The number of sulfone groups is 1. The highest BCUT2D eigenvalue weighted by Crippen LogP contribution is 2.26. The van der Waals surface area contributed by atoms with E-state index in [1.54, 1.807) is 6.92 Å². The van der Waals surface area contributed by atoms with Crippen LogP contribution in [0.2, 0.25) is 0 Å². The van der Waals surface area contributed by atoms with Crippen LogP contribution >= 0.6 is 0 Å². The van der Waals surface area contributed by atoms with Gasteiger partial charge in [-0.2, -0.15) is 8.78 Å². The van der Waals surface area contributed by atoms with Crippen LogP contribution in [-0.2, 0) is 14.6 Å². The normalized spacial score (nSPS) is 13.2. The van der Waals surface area contributed by atoms with Gasteiger partial charge < -0.3 is 11.1 Å². The highest BCUT2D eigenvalue weighted by Gasteiger charge is 2.29. The minimum atomic E-state index is -4.76. The molecule has 0 radical (unpaired) electrons. The lowest BCUT2D eigenvalue weighted by Gasteiger charge is -2.12. The average Bonchev–Trinajstić information content (AvgIpc) is 2.38. The maximum atomic E-state index is 12.6. The van der Waals surface area contributed by atoms with E-state index < -0.39 is 26.4 Å². The third-order valence-corrected chi connectivity index (χ3v) is 4.08. The van der Waals surface area contributed by atoms with Crippen molar-refractivity contribution < 1.29 is 22.0 Å². The van der Waals surface area contributed by atoms with Gasteiger partial charge in [0.05, 0.1) is 10.6 Å². The van der Waals surface area contributed by atoms with Crippen LogP contribution in [0.15, 0.2) is 29.2 Å². The van der Waals surface area contributed by atoms with E-state index in [0.29, 0.717) is 6.54 Å². The number of benzene rings is 1. The molecule has 1 aromatic rings. The molecule has 3 N–H and O–H groups in total. The van der Waals surface area contributed by atoms with Gasteiger partial charge in [-0.3, -0.25) is 4.79 Å². The van der Waals surface area contributed by atoms with Crippen molar-refractivity contribution in [2.75, 3.05) is 11.9 Å². The van der Waals surface area contributed by atoms with Gasteiger partial charge in [0.25, 0.3) is 0 Å². The van der Waals surface area contributed by atoms with Gasteiger partial charge in [0, 0.05) is 6.42 Å². The van der Waals surface area contributed by atoms with Crippen LogP contribution in [0.25, 0.3) is 0 Å². The highest BCUT2D eigenvalue weighted by atomic mass is 32.2. The first-order valence-corrected chi connectivity index (χ1v) is 7.44. The topological polar surface area (TPSA) is 89.3 Å². The number of halogens is 2. The standard InChI is InChI=1S/C12H16F2N2O3S/c1-8(7-15)6-11(17)16-9-4-2-3-5-10(9)20(18,19)12(13)14/h2-5,8,12H,6-7,15H2,1H3,(H,16,17). The molecule has 0 aromatic heterocycles. The Morgan fingerprint density at radius 1 is 1.35 bits per heavy atom. The van der Waals surface area contributed by atoms with Crippen LogP contribution in [0.1, 0.15) is 13.3 Å². The molecule has 0 heterocycles. The zero-order valence-electron chi connectivity index (χ0n) is 10.8. The lowest BCUT2D eigenvalue weighted by atomic mass is 10.1. The smallest absolute Gasteiger partial charge is 0.330 e. The Hall–Kier alpha value is -1.54. The molecule has 0 fully saturated rings. The second-order valence-corrected chi connectivity index (χ2v) is 6.28. The third kappa shape index (κ3) is 3.97.